The van der Waals surface area contributed by atoms with E-state index in [1.807, 2.05) is 6.92 Å². The van der Waals surface area contributed by atoms with E-state index in [2.05, 4.69) is 15.9 Å². The molecule has 104 valence electrons. The minimum atomic E-state index is -0.961. The maximum atomic E-state index is 11.6. The van der Waals surface area contributed by atoms with Crippen LogP contribution in [0.4, 0.5) is 0 Å². The molecule has 5 heteroatoms. The fourth-order valence-corrected chi connectivity index (χ4v) is 2.75. The highest BCUT2D eigenvalue weighted by atomic mass is 79.9. The summed E-state index contributed by atoms with van der Waals surface area (Å²) in [6.07, 6.45) is 0.768. The Balaban J connectivity index is 2.18. The SMILES string of the molecule is CCS(=O)c1ccc(Oc2ccc(Br)c(C=O)c2)cc1. The molecule has 0 saturated heterocycles. The molecule has 0 heterocycles. The van der Waals surface area contributed by atoms with Crippen LogP contribution in [-0.4, -0.2) is 16.2 Å². The van der Waals surface area contributed by atoms with Crippen LogP contribution >= 0.6 is 15.9 Å². The van der Waals surface area contributed by atoms with Crippen LogP contribution in [0.3, 0.4) is 0 Å². The van der Waals surface area contributed by atoms with Crippen LogP contribution in [0.5, 0.6) is 11.5 Å². The van der Waals surface area contributed by atoms with Gasteiger partial charge < -0.3 is 4.74 Å². The first-order valence-electron chi connectivity index (χ1n) is 6.05. The molecule has 2 aromatic carbocycles. The van der Waals surface area contributed by atoms with Gasteiger partial charge in [0.25, 0.3) is 0 Å². The second kappa shape index (κ2) is 6.81. The molecule has 1 atom stereocenters. The van der Waals surface area contributed by atoms with Crippen molar-refractivity contribution in [2.45, 2.75) is 11.8 Å². The summed E-state index contributed by atoms with van der Waals surface area (Å²) in [4.78, 5) is 11.6. The molecule has 0 aliphatic rings. The molecule has 2 aromatic rings. The van der Waals surface area contributed by atoms with Gasteiger partial charge in [-0.2, -0.15) is 0 Å². The van der Waals surface area contributed by atoms with Gasteiger partial charge in [-0.25, -0.2) is 0 Å². The van der Waals surface area contributed by atoms with Crippen LogP contribution in [0, 0.1) is 0 Å². The second-order valence-corrected chi connectivity index (χ2v) is 6.60. The van der Waals surface area contributed by atoms with Gasteiger partial charge in [-0.05, 0) is 42.5 Å². The van der Waals surface area contributed by atoms with E-state index in [4.69, 9.17) is 4.74 Å². The maximum Gasteiger partial charge on any atom is 0.151 e. The second-order valence-electron chi connectivity index (χ2n) is 4.01. The van der Waals surface area contributed by atoms with Crippen molar-refractivity contribution in [2.75, 3.05) is 5.75 Å². The van der Waals surface area contributed by atoms with Crippen LogP contribution < -0.4 is 4.74 Å². The predicted octanol–water partition coefficient (Wildman–Crippen LogP) is 4.18. The fourth-order valence-electron chi connectivity index (χ4n) is 1.64. The summed E-state index contributed by atoms with van der Waals surface area (Å²) in [5.41, 5.74) is 0.534. The minimum Gasteiger partial charge on any atom is -0.457 e. The Labute approximate surface area is 128 Å². The lowest BCUT2D eigenvalue weighted by Gasteiger charge is -2.07. The zero-order valence-electron chi connectivity index (χ0n) is 10.8. The molecule has 0 saturated carbocycles. The molecule has 1 unspecified atom stereocenters. The van der Waals surface area contributed by atoms with Crippen molar-refractivity contribution in [1.29, 1.82) is 0 Å². The summed E-state index contributed by atoms with van der Waals surface area (Å²) in [7, 11) is -0.961. The van der Waals surface area contributed by atoms with E-state index in [0.717, 1.165) is 15.7 Å². The number of carbonyl (C=O) groups is 1. The Bertz CT molecular complexity index is 638. The number of hydrogen-bond donors (Lipinski definition) is 0. The van der Waals surface area contributed by atoms with Crippen LogP contribution in [0.2, 0.25) is 0 Å². The molecule has 0 fully saturated rings. The zero-order chi connectivity index (χ0) is 14.5. The van der Waals surface area contributed by atoms with E-state index in [9.17, 15) is 9.00 Å². The average molecular weight is 353 g/mol. The summed E-state index contributed by atoms with van der Waals surface area (Å²) < 4.78 is 18.0. The fraction of sp³-hybridized carbons (Fsp3) is 0.133. The van der Waals surface area contributed by atoms with Gasteiger partial charge in [0.15, 0.2) is 6.29 Å². The molecule has 0 amide bonds. The third kappa shape index (κ3) is 3.55. The van der Waals surface area contributed by atoms with Gasteiger partial charge in [0.05, 0.1) is 10.8 Å². The highest BCUT2D eigenvalue weighted by Gasteiger charge is 2.04. The van der Waals surface area contributed by atoms with Crippen molar-refractivity contribution in [2.24, 2.45) is 0 Å². The summed E-state index contributed by atoms with van der Waals surface area (Å²) in [5.74, 6) is 1.82. The largest absolute Gasteiger partial charge is 0.457 e. The van der Waals surface area contributed by atoms with Crippen LogP contribution in [-0.2, 0) is 10.8 Å². The molecule has 0 N–H and O–H groups in total. The van der Waals surface area contributed by atoms with Gasteiger partial charge >= 0.3 is 0 Å². The van der Waals surface area contributed by atoms with Gasteiger partial charge in [-0.1, -0.05) is 22.9 Å². The summed E-state index contributed by atoms with van der Waals surface area (Å²) in [6.45, 7) is 1.88. The molecular formula is C15H13BrO3S. The summed E-state index contributed by atoms with van der Waals surface area (Å²) >= 11 is 3.29. The standard InChI is InChI=1S/C15H13BrO3S/c1-2-20(18)14-6-3-12(4-7-14)19-13-5-8-15(16)11(9-13)10-17/h3-10H,2H2,1H3. The Hall–Kier alpha value is -1.46. The lowest BCUT2D eigenvalue weighted by atomic mass is 10.2. The predicted molar refractivity (Wildman–Crippen MR) is 83.0 cm³/mol. The quantitative estimate of drug-likeness (QED) is 0.758. The number of rotatable bonds is 5. The van der Waals surface area contributed by atoms with Gasteiger partial charge in [-0.15, -0.1) is 0 Å². The first-order valence-corrected chi connectivity index (χ1v) is 8.16. The van der Waals surface area contributed by atoms with Crippen molar-refractivity contribution < 1.29 is 13.7 Å². The van der Waals surface area contributed by atoms with Crippen molar-refractivity contribution in [3.05, 3.63) is 52.5 Å². The molecule has 0 aliphatic heterocycles. The van der Waals surface area contributed by atoms with Gasteiger partial charge in [0.1, 0.15) is 11.5 Å². The van der Waals surface area contributed by atoms with E-state index >= 15 is 0 Å². The van der Waals surface area contributed by atoms with E-state index in [1.165, 1.54) is 0 Å². The molecule has 0 aliphatic carbocycles. The lowest BCUT2D eigenvalue weighted by Crippen LogP contribution is -1.93. The molecular weight excluding hydrogens is 340 g/mol. The number of hydrogen-bond acceptors (Lipinski definition) is 3. The van der Waals surface area contributed by atoms with Gasteiger partial charge in [0, 0.05) is 20.7 Å². The molecule has 2 rings (SSSR count). The topological polar surface area (TPSA) is 43.4 Å². The average Bonchev–Trinajstić information content (AvgIpc) is 2.49. The monoisotopic (exact) mass is 352 g/mol. The van der Waals surface area contributed by atoms with Crippen molar-refractivity contribution in [3.63, 3.8) is 0 Å². The van der Waals surface area contributed by atoms with Crippen molar-refractivity contribution in [1.82, 2.24) is 0 Å². The van der Waals surface area contributed by atoms with E-state index in [0.29, 0.717) is 22.8 Å². The minimum absolute atomic E-state index is 0.534. The normalized spacial score (nSPS) is 11.9. The first kappa shape index (κ1) is 14.9. The van der Waals surface area contributed by atoms with Gasteiger partial charge in [0.2, 0.25) is 0 Å². The smallest absolute Gasteiger partial charge is 0.151 e. The third-order valence-electron chi connectivity index (χ3n) is 2.68. The number of benzene rings is 2. The highest BCUT2D eigenvalue weighted by molar-refractivity contribution is 9.10. The Kier molecular flexibility index (Phi) is 5.09. The number of halogens is 1. The number of aldehydes is 1. The van der Waals surface area contributed by atoms with E-state index in [1.54, 1.807) is 42.5 Å². The van der Waals surface area contributed by atoms with Crippen molar-refractivity contribution in [3.8, 4) is 11.5 Å². The molecule has 20 heavy (non-hydrogen) atoms. The van der Waals surface area contributed by atoms with Crippen molar-refractivity contribution >= 4 is 33.0 Å². The Morgan fingerprint density at radius 3 is 2.40 bits per heavy atom. The summed E-state index contributed by atoms with van der Waals surface area (Å²) in [6, 6.07) is 12.3. The molecule has 0 spiro atoms. The van der Waals surface area contributed by atoms with Crippen LogP contribution in [0.15, 0.2) is 51.8 Å². The van der Waals surface area contributed by atoms with Crippen LogP contribution in [0.25, 0.3) is 0 Å². The van der Waals surface area contributed by atoms with E-state index in [-0.39, 0.29) is 0 Å². The Morgan fingerprint density at radius 1 is 1.15 bits per heavy atom. The van der Waals surface area contributed by atoms with E-state index < -0.39 is 10.8 Å². The maximum absolute atomic E-state index is 11.6. The zero-order valence-corrected chi connectivity index (χ0v) is 13.2. The molecule has 0 bridgehead atoms. The number of ether oxygens (including phenoxy) is 1. The molecule has 0 radical (unpaired) electrons. The van der Waals surface area contributed by atoms with Crippen LogP contribution in [0.1, 0.15) is 17.3 Å². The third-order valence-corrected chi connectivity index (χ3v) is 4.72. The van der Waals surface area contributed by atoms with Gasteiger partial charge in [-0.3, -0.25) is 9.00 Å². The highest BCUT2D eigenvalue weighted by Crippen LogP contribution is 2.26. The number of carbonyl (C=O) groups excluding carboxylic acids is 1. The summed E-state index contributed by atoms with van der Waals surface area (Å²) in [5, 5.41) is 0. The molecule has 0 aromatic heterocycles. The lowest BCUT2D eigenvalue weighted by molar-refractivity contribution is 0.112. The Morgan fingerprint density at radius 2 is 1.80 bits per heavy atom. The molecule has 3 nitrogen and oxygen atoms in total. The first-order chi connectivity index (χ1) is 9.63.